The average molecular weight is 372 g/mol. The largest absolute Gasteiger partial charge is 0.341 e. The lowest BCUT2D eigenvalue weighted by atomic mass is 9.70. The van der Waals surface area contributed by atoms with Gasteiger partial charge in [0.1, 0.15) is 0 Å². The molecule has 0 radical (unpaired) electrons. The molecule has 1 aliphatic rings. The Morgan fingerprint density at radius 2 is 1.85 bits per heavy atom. The first-order valence-corrected chi connectivity index (χ1v) is 10.1. The molecule has 5 heteroatoms. The van der Waals surface area contributed by atoms with Crippen molar-refractivity contribution in [3.8, 4) is 0 Å². The molecule has 2 heterocycles. The van der Waals surface area contributed by atoms with Crippen LogP contribution in [0.25, 0.3) is 0 Å². The number of amides is 1. The quantitative estimate of drug-likeness (QED) is 0.894. The second-order valence-electron chi connectivity index (χ2n) is 8.37. The van der Waals surface area contributed by atoms with E-state index >= 15 is 0 Å². The van der Waals surface area contributed by atoms with Crippen molar-refractivity contribution >= 4 is 17.2 Å². The number of hydrogen-bond acceptors (Lipinski definition) is 4. The molecule has 0 aliphatic carbocycles. The first-order chi connectivity index (χ1) is 12.2. The maximum atomic E-state index is 12.8. The number of aryl methyl sites for hydroxylation is 1. The third-order valence-electron chi connectivity index (χ3n) is 5.56. The minimum absolute atomic E-state index is 0.0635. The third-order valence-corrected chi connectivity index (χ3v) is 6.34. The van der Waals surface area contributed by atoms with Crippen LogP contribution in [0.15, 0.2) is 35.7 Å². The van der Waals surface area contributed by atoms with E-state index in [1.807, 2.05) is 38.7 Å². The molecule has 0 saturated carbocycles. The van der Waals surface area contributed by atoms with Crippen LogP contribution in [-0.4, -0.2) is 34.9 Å². The summed E-state index contributed by atoms with van der Waals surface area (Å²) in [5.74, 6) is 0.0635. The van der Waals surface area contributed by atoms with Gasteiger partial charge < -0.3 is 10.6 Å². The second-order valence-corrected chi connectivity index (χ2v) is 9.43. The van der Waals surface area contributed by atoms with Gasteiger partial charge in [-0.25, -0.2) is 4.98 Å². The van der Waals surface area contributed by atoms with E-state index in [4.69, 9.17) is 10.7 Å². The molecule has 2 N–H and O–H groups in total. The summed E-state index contributed by atoms with van der Waals surface area (Å²) in [4.78, 5) is 19.6. The van der Waals surface area contributed by atoms with Gasteiger partial charge in [-0.15, -0.1) is 11.3 Å². The number of likely N-dealkylation sites (tertiary alicyclic amines) is 1. The number of rotatable bonds is 3. The van der Waals surface area contributed by atoms with Gasteiger partial charge in [-0.1, -0.05) is 51.1 Å². The summed E-state index contributed by atoms with van der Waals surface area (Å²) in [5.41, 5.74) is 8.30. The zero-order chi connectivity index (χ0) is 18.9. The Morgan fingerprint density at radius 1 is 1.23 bits per heavy atom. The van der Waals surface area contributed by atoms with Crippen LogP contribution in [0, 0.1) is 12.3 Å². The zero-order valence-electron chi connectivity index (χ0n) is 16.2. The number of nitrogens with two attached hydrogens (primary N) is 1. The number of carbonyl (C=O) groups excluding carboxylic acids is 1. The smallest absolute Gasteiger partial charge is 0.240 e. The second kappa shape index (κ2) is 7.12. The van der Waals surface area contributed by atoms with Crippen molar-refractivity contribution in [3.05, 3.63) is 52.0 Å². The van der Waals surface area contributed by atoms with E-state index in [-0.39, 0.29) is 16.7 Å². The first kappa shape index (κ1) is 19.1. The van der Waals surface area contributed by atoms with Crippen LogP contribution in [0.1, 0.15) is 49.9 Å². The molecule has 1 saturated heterocycles. The molecule has 2 aromatic rings. The molecule has 0 bridgehead atoms. The minimum atomic E-state index is -0.465. The molecule has 0 spiro atoms. The van der Waals surface area contributed by atoms with Gasteiger partial charge in [-0.2, -0.15) is 0 Å². The summed E-state index contributed by atoms with van der Waals surface area (Å²) in [6.07, 6.45) is 1.76. The van der Waals surface area contributed by atoms with Gasteiger partial charge in [-0.3, -0.25) is 4.79 Å². The molecule has 0 unspecified atom stereocenters. The van der Waals surface area contributed by atoms with Gasteiger partial charge in [0.15, 0.2) is 0 Å². The van der Waals surface area contributed by atoms with E-state index < -0.39 is 6.04 Å². The van der Waals surface area contributed by atoms with Crippen LogP contribution >= 0.6 is 11.3 Å². The number of piperidine rings is 1. The Labute approximate surface area is 160 Å². The monoisotopic (exact) mass is 371 g/mol. The molecule has 1 aliphatic heterocycles. The summed E-state index contributed by atoms with van der Waals surface area (Å²) in [5, 5.41) is 3.27. The Morgan fingerprint density at radius 3 is 2.35 bits per heavy atom. The van der Waals surface area contributed by atoms with Crippen molar-refractivity contribution in [3.63, 3.8) is 0 Å². The molecule has 1 fully saturated rings. The van der Waals surface area contributed by atoms with Crippen LogP contribution in [-0.2, 0) is 10.2 Å². The molecule has 1 aromatic heterocycles. The Balaban J connectivity index is 1.86. The maximum Gasteiger partial charge on any atom is 0.240 e. The van der Waals surface area contributed by atoms with E-state index in [9.17, 15) is 4.79 Å². The van der Waals surface area contributed by atoms with Crippen LogP contribution in [0.5, 0.6) is 0 Å². The molecule has 140 valence electrons. The van der Waals surface area contributed by atoms with Crippen molar-refractivity contribution in [1.82, 2.24) is 9.88 Å². The highest BCUT2D eigenvalue weighted by molar-refractivity contribution is 7.09. The Bertz CT molecular complexity index is 755. The van der Waals surface area contributed by atoms with Gasteiger partial charge in [0.25, 0.3) is 0 Å². The van der Waals surface area contributed by atoms with Gasteiger partial charge in [0, 0.05) is 23.9 Å². The number of hydrogen-bond donors (Lipinski definition) is 1. The van der Waals surface area contributed by atoms with Crippen LogP contribution < -0.4 is 5.73 Å². The topological polar surface area (TPSA) is 59.2 Å². The fraction of sp³-hybridized carbons (Fsp3) is 0.524. The standard InChI is InChI=1S/C21H29N3OS/c1-15-23-17(14-26-15)21(16-8-6-5-7-9-16)10-12-24(13-11-21)19(25)18(22)20(2,3)4/h5-9,14,18H,10-13,22H2,1-4H3/t18-/m1/s1. The highest BCUT2D eigenvalue weighted by atomic mass is 32.1. The highest BCUT2D eigenvalue weighted by Gasteiger charge is 2.42. The average Bonchev–Trinajstić information content (AvgIpc) is 3.07. The van der Waals surface area contributed by atoms with E-state index in [0.717, 1.165) is 23.5 Å². The Kier molecular flexibility index (Phi) is 5.22. The predicted molar refractivity (Wildman–Crippen MR) is 107 cm³/mol. The Hall–Kier alpha value is -1.72. The summed E-state index contributed by atoms with van der Waals surface area (Å²) in [6.45, 7) is 9.54. The molecule has 1 aromatic carbocycles. The lowest BCUT2D eigenvalue weighted by Crippen LogP contribution is -2.54. The molecule has 1 atom stereocenters. The van der Waals surface area contributed by atoms with E-state index in [1.165, 1.54) is 5.56 Å². The first-order valence-electron chi connectivity index (χ1n) is 9.26. The molecule has 26 heavy (non-hydrogen) atoms. The van der Waals surface area contributed by atoms with Gasteiger partial charge in [-0.05, 0) is 30.7 Å². The normalized spacial score (nSPS) is 18.6. The number of nitrogens with zero attached hydrogens (tertiary/aromatic N) is 2. The van der Waals surface area contributed by atoms with Crippen molar-refractivity contribution in [1.29, 1.82) is 0 Å². The fourth-order valence-electron chi connectivity index (χ4n) is 3.71. The lowest BCUT2D eigenvalue weighted by molar-refractivity contribution is -0.136. The SMILES string of the molecule is Cc1nc(C2(c3ccccc3)CCN(C(=O)[C@@H](N)C(C)(C)C)CC2)cs1. The fourth-order valence-corrected chi connectivity index (χ4v) is 4.42. The number of aromatic nitrogens is 1. The lowest BCUT2D eigenvalue weighted by Gasteiger charge is -2.43. The zero-order valence-corrected chi connectivity index (χ0v) is 17.0. The maximum absolute atomic E-state index is 12.8. The van der Waals surface area contributed by atoms with E-state index in [2.05, 4.69) is 29.6 Å². The predicted octanol–water partition coefficient (Wildman–Crippen LogP) is 3.73. The third kappa shape index (κ3) is 3.55. The van der Waals surface area contributed by atoms with Gasteiger partial charge >= 0.3 is 0 Å². The highest BCUT2D eigenvalue weighted by Crippen LogP contribution is 2.42. The minimum Gasteiger partial charge on any atom is -0.341 e. The number of benzene rings is 1. The molecular formula is C21H29N3OS. The number of carbonyl (C=O) groups is 1. The molecule has 4 nitrogen and oxygen atoms in total. The van der Waals surface area contributed by atoms with Gasteiger partial charge in [0.2, 0.25) is 5.91 Å². The number of thiazole rings is 1. The van der Waals surface area contributed by atoms with Crippen molar-refractivity contribution in [2.75, 3.05) is 13.1 Å². The van der Waals surface area contributed by atoms with Crippen molar-refractivity contribution in [2.24, 2.45) is 11.1 Å². The molecular weight excluding hydrogens is 342 g/mol. The summed E-state index contributed by atoms with van der Waals surface area (Å²) < 4.78 is 0. The van der Waals surface area contributed by atoms with Crippen LogP contribution in [0.4, 0.5) is 0 Å². The summed E-state index contributed by atoms with van der Waals surface area (Å²) in [6, 6.07) is 10.1. The summed E-state index contributed by atoms with van der Waals surface area (Å²) in [7, 11) is 0. The summed E-state index contributed by atoms with van der Waals surface area (Å²) >= 11 is 1.69. The molecule has 1 amide bonds. The van der Waals surface area contributed by atoms with Gasteiger partial charge in [0.05, 0.1) is 16.7 Å². The van der Waals surface area contributed by atoms with E-state index in [0.29, 0.717) is 13.1 Å². The van der Waals surface area contributed by atoms with Crippen molar-refractivity contribution in [2.45, 2.75) is 52.0 Å². The van der Waals surface area contributed by atoms with Crippen LogP contribution in [0.2, 0.25) is 0 Å². The van der Waals surface area contributed by atoms with Crippen LogP contribution in [0.3, 0.4) is 0 Å². The molecule has 3 rings (SSSR count). The van der Waals surface area contributed by atoms with E-state index in [1.54, 1.807) is 11.3 Å². The van der Waals surface area contributed by atoms with Crippen molar-refractivity contribution < 1.29 is 4.79 Å².